The maximum absolute atomic E-state index is 13.0. The summed E-state index contributed by atoms with van der Waals surface area (Å²) in [5, 5.41) is 5.46. The van der Waals surface area contributed by atoms with E-state index in [0.717, 1.165) is 10.5 Å². The van der Waals surface area contributed by atoms with E-state index in [2.05, 4.69) is 10.6 Å². The number of carbonyl (C=O) groups is 4. The van der Waals surface area contributed by atoms with Crippen LogP contribution in [0.5, 0.6) is 0 Å². The fraction of sp³-hybridized carbons (Fsp3) is 0.238. The standard InChI is InChI=1S/C21H20N4O4/c22-14-6-4-12(5-7-14)10-23-11-13-2-1-3-15-18(13)21(29)25(20(15)28)16-8-9-17(26)24-19(16)27/h1-7,16,23H,8-11,22H2,(H,24,26,27). The summed E-state index contributed by atoms with van der Waals surface area (Å²) in [7, 11) is 0. The van der Waals surface area contributed by atoms with E-state index in [1.165, 1.54) is 0 Å². The summed E-state index contributed by atoms with van der Waals surface area (Å²) in [4.78, 5) is 50.4. The maximum Gasteiger partial charge on any atom is 0.262 e. The number of nitrogens with two attached hydrogens (primary N) is 1. The van der Waals surface area contributed by atoms with Crippen molar-refractivity contribution in [2.45, 2.75) is 32.0 Å². The number of benzene rings is 2. The molecule has 1 atom stereocenters. The molecule has 0 aliphatic carbocycles. The van der Waals surface area contributed by atoms with Gasteiger partial charge in [0.1, 0.15) is 6.04 Å². The molecule has 2 aliphatic heterocycles. The number of nitrogens with zero attached hydrogens (tertiary/aromatic N) is 1. The fourth-order valence-corrected chi connectivity index (χ4v) is 3.71. The van der Waals surface area contributed by atoms with Gasteiger partial charge in [-0.05, 0) is 35.7 Å². The quantitative estimate of drug-likeness (QED) is 0.515. The minimum absolute atomic E-state index is 0.0970. The second kappa shape index (κ2) is 7.48. The van der Waals surface area contributed by atoms with Gasteiger partial charge in [-0.15, -0.1) is 0 Å². The summed E-state index contributed by atoms with van der Waals surface area (Å²) in [5.41, 5.74) is 8.70. The van der Waals surface area contributed by atoms with Crippen LogP contribution in [0.15, 0.2) is 42.5 Å². The highest BCUT2D eigenvalue weighted by atomic mass is 16.2. The van der Waals surface area contributed by atoms with Gasteiger partial charge < -0.3 is 11.1 Å². The first kappa shape index (κ1) is 18.8. The van der Waals surface area contributed by atoms with Crippen molar-refractivity contribution in [3.8, 4) is 0 Å². The van der Waals surface area contributed by atoms with Gasteiger partial charge in [-0.1, -0.05) is 24.3 Å². The summed E-state index contributed by atoms with van der Waals surface area (Å²) in [5.74, 6) is -2.00. The normalized spacial score (nSPS) is 18.8. The fourth-order valence-electron chi connectivity index (χ4n) is 3.71. The summed E-state index contributed by atoms with van der Waals surface area (Å²) < 4.78 is 0. The highest BCUT2D eigenvalue weighted by Gasteiger charge is 2.45. The maximum atomic E-state index is 13.0. The number of imide groups is 2. The van der Waals surface area contributed by atoms with Crippen molar-refractivity contribution in [3.05, 3.63) is 64.7 Å². The van der Waals surface area contributed by atoms with E-state index in [4.69, 9.17) is 5.73 Å². The first-order chi connectivity index (χ1) is 14.0. The number of amides is 4. The molecule has 0 saturated carbocycles. The first-order valence-corrected chi connectivity index (χ1v) is 9.34. The van der Waals surface area contributed by atoms with Crippen molar-refractivity contribution < 1.29 is 19.2 Å². The third-order valence-corrected chi connectivity index (χ3v) is 5.18. The van der Waals surface area contributed by atoms with Crippen LogP contribution in [0.25, 0.3) is 0 Å². The molecule has 1 saturated heterocycles. The van der Waals surface area contributed by atoms with Gasteiger partial charge in [-0.3, -0.25) is 29.4 Å². The molecule has 0 bridgehead atoms. The molecule has 4 N–H and O–H groups in total. The molecule has 2 heterocycles. The van der Waals surface area contributed by atoms with E-state index >= 15 is 0 Å². The van der Waals surface area contributed by atoms with Crippen LogP contribution in [-0.2, 0) is 22.7 Å². The molecule has 2 aromatic carbocycles. The van der Waals surface area contributed by atoms with Crippen LogP contribution in [0.2, 0.25) is 0 Å². The number of nitrogens with one attached hydrogen (secondary N) is 2. The number of nitrogen functional groups attached to an aromatic ring is 1. The molecule has 0 spiro atoms. The van der Waals surface area contributed by atoms with Crippen molar-refractivity contribution in [1.82, 2.24) is 15.5 Å². The molecule has 0 aromatic heterocycles. The van der Waals surface area contributed by atoms with Crippen LogP contribution in [0, 0.1) is 0 Å². The van der Waals surface area contributed by atoms with E-state index in [0.29, 0.717) is 29.9 Å². The molecule has 0 radical (unpaired) electrons. The van der Waals surface area contributed by atoms with Gasteiger partial charge in [0.15, 0.2) is 0 Å². The number of anilines is 1. The average Bonchev–Trinajstić information content (AvgIpc) is 2.95. The highest BCUT2D eigenvalue weighted by molar-refractivity contribution is 6.24. The Hall–Kier alpha value is -3.52. The van der Waals surface area contributed by atoms with E-state index in [1.54, 1.807) is 18.2 Å². The molecule has 148 valence electrons. The van der Waals surface area contributed by atoms with E-state index < -0.39 is 29.7 Å². The molecular weight excluding hydrogens is 372 g/mol. The van der Waals surface area contributed by atoms with Crippen LogP contribution in [0.3, 0.4) is 0 Å². The zero-order valence-electron chi connectivity index (χ0n) is 15.6. The molecule has 1 fully saturated rings. The first-order valence-electron chi connectivity index (χ1n) is 9.34. The Morgan fingerprint density at radius 1 is 1.00 bits per heavy atom. The molecule has 29 heavy (non-hydrogen) atoms. The smallest absolute Gasteiger partial charge is 0.262 e. The van der Waals surface area contributed by atoms with Crippen LogP contribution in [0.1, 0.15) is 44.7 Å². The number of fused-ring (bicyclic) bond motifs is 1. The van der Waals surface area contributed by atoms with Gasteiger partial charge in [-0.25, -0.2) is 0 Å². The van der Waals surface area contributed by atoms with Gasteiger partial charge in [-0.2, -0.15) is 0 Å². The SMILES string of the molecule is Nc1ccc(CNCc2cccc3c2C(=O)N(C2CCC(=O)NC2=O)C3=O)cc1. The minimum atomic E-state index is -0.962. The van der Waals surface area contributed by atoms with Crippen molar-refractivity contribution >= 4 is 29.3 Å². The lowest BCUT2D eigenvalue weighted by Crippen LogP contribution is -2.54. The predicted molar refractivity (Wildman–Crippen MR) is 105 cm³/mol. The van der Waals surface area contributed by atoms with Gasteiger partial charge in [0, 0.05) is 25.2 Å². The Morgan fingerprint density at radius 2 is 1.76 bits per heavy atom. The Bertz CT molecular complexity index is 1020. The van der Waals surface area contributed by atoms with E-state index in [-0.39, 0.29) is 18.4 Å². The van der Waals surface area contributed by atoms with Crippen molar-refractivity contribution in [1.29, 1.82) is 0 Å². The molecule has 2 aromatic rings. The Labute approximate surface area is 167 Å². The van der Waals surface area contributed by atoms with Crippen LogP contribution >= 0.6 is 0 Å². The largest absolute Gasteiger partial charge is 0.399 e. The Kier molecular flexibility index (Phi) is 4.85. The van der Waals surface area contributed by atoms with Crippen molar-refractivity contribution in [2.24, 2.45) is 0 Å². The lowest BCUT2D eigenvalue weighted by atomic mass is 10.0. The number of carbonyl (C=O) groups excluding carboxylic acids is 4. The Balaban J connectivity index is 1.52. The number of rotatable bonds is 5. The zero-order valence-corrected chi connectivity index (χ0v) is 15.6. The van der Waals surface area contributed by atoms with Crippen molar-refractivity contribution in [2.75, 3.05) is 5.73 Å². The number of piperidine rings is 1. The predicted octanol–water partition coefficient (Wildman–Crippen LogP) is 0.960. The molecule has 1 unspecified atom stereocenters. The summed E-state index contributed by atoms with van der Waals surface area (Å²) >= 11 is 0. The van der Waals surface area contributed by atoms with Crippen LogP contribution in [-0.4, -0.2) is 34.6 Å². The summed E-state index contributed by atoms with van der Waals surface area (Å²) in [6.07, 6.45) is 0.237. The molecule has 2 aliphatic rings. The van der Waals surface area contributed by atoms with Crippen LogP contribution in [0.4, 0.5) is 5.69 Å². The molecule has 8 heteroatoms. The molecule has 8 nitrogen and oxygen atoms in total. The van der Waals surface area contributed by atoms with E-state index in [1.807, 2.05) is 24.3 Å². The van der Waals surface area contributed by atoms with E-state index in [9.17, 15) is 19.2 Å². The average molecular weight is 392 g/mol. The van der Waals surface area contributed by atoms with Gasteiger partial charge in [0.05, 0.1) is 11.1 Å². The molecular formula is C21H20N4O4. The second-order valence-corrected chi connectivity index (χ2v) is 7.13. The van der Waals surface area contributed by atoms with Crippen molar-refractivity contribution in [3.63, 3.8) is 0 Å². The third-order valence-electron chi connectivity index (χ3n) is 5.18. The van der Waals surface area contributed by atoms with Gasteiger partial charge >= 0.3 is 0 Å². The number of hydrogen-bond acceptors (Lipinski definition) is 6. The van der Waals surface area contributed by atoms with Gasteiger partial charge in [0.25, 0.3) is 11.8 Å². The molecule has 4 amide bonds. The second-order valence-electron chi connectivity index (χ2n) is 7.13. The lowest BCUT2D eigenvalue weighted by Gasteiger charge is -2.27. The zero-order chi connectivity index (χ0) is 20.5. The minimum Gasteiger partial charge on any atom is -0.399 e. The monoisotopic (exact) mass is 392 g/mol. The Morgan fingerprint density at radius 3 is 2.48 bits per heavy atom. The lowest BCUT2D eigenvalue weighted by molar-refractivity contribution is -0.136. The topological polar surface area (TPSA) is 122 Å². The third kappa shape index (κ3) is 3.50. The van der Waals surface area contributed by atoms with Gasteiger partial charge in [0.2, 0.25) is 11.8 Å². The number of hydrogen-bond donors (Lipinski definition) is 3. The highest BCUT2D eigenvalue weighted by Crippen LogP contribution is 2.29. The van der Waals surface area contributed by atoms with Crippen LogP contribution < -0.4 is 16.4 Å². The summed E-state index contributed by atoms with van der Waals surface area (Å²) in [6.45, 7) is 0.957. The molecule has 4 rings (SSSR count). The summed E-state index contributed by atoms with van der Waals surface area (Å²) in [6, 6.07) is 11.6.